The summed E-state index contributed by atoms with van der Waals surface area (Å²) < 4.78 is 0. The molecule has 0 amide bonds. The summed E-state index contributed by atoms with van der Waals surface area (Å²) in [5, 5.41) is 0. The van der Waals surface area contributed by atoms with E-state index in [1.807, 2.05) is 13.1 Å². The van der Waals surface area contributed by atoms with Crippen molar-refractivity contribution in [3.8, 4) is 0 Å². The van der Waals surface area contributed by atoms with E-state index in [0.29, 0.717) is 5.82 Å². The minimum absolute atomic E-state index is 0.615. The average Bonchev–Trinajstić information content (AvgIpc) is 2.58. The van der Waals surface area contributed by atoms with Crippen LogP contribution < -0.4 is 5.73 Å². The number of hydrogen-bond acceptors (Lipinski definition) is 5. The van der Waals surface area contributed by atoms with Crippen LogP contribution in [0, 0.1) is 6.92 Å². The summed E-state index contributed by atoms with van der Waals surface area (Å²) in [7, 11) is 0. The van der Waals surface area contributed by atoms with E-state index in [9.17, 15) is 0 Å². The van der Waals surface area contributed by atoms with Crippen molar-refractivity contribution in [2.75, 3.05) is 38.5 Å². The van der Waals surface area contributed by atoms with Gasteiger partial charge < -0.3 is 10.6 Å². The summed E-state index contributed by atoms with van der Waals surface area (Å²) in [6, 6.07) is 10.7. The fourth-order valence-corrected chi connectivity index (χ4v) is 2.98. The van der Waals surface area contributed by atoms with Crippen LogP contribution >= 0.6 is 0 Å². The zero-order valence-electron chi connectivity index (χ0n) is 13.8. The lowest BCUT2D eigenvalue weighted by Crippen LogP contribution is -2.46. The molecular weight excluding hydrogens is 286 g/mol. The molecule has 1 aromatic carbocycles. The van der Waals surface area contributed by atoms with Gasteiger partial charge in [0.05, 0.1) is 0 Å². The van der Waals surface area contributed by atoms with Crippen LogP contribution in [0.3, 0.4) is 0 Å². The van der Waals surface area contributed by atoms with Gasteiger partial charge in [-0.05, 0) is 18.9 Å². The molecule has 5 nitrogen and oxygen atoms in total. The number of aromatic nitrogens is 2. The van der Waals surface area contributed by atoms with Gasteiger partial charge in [-0.15, -0.1) is 0 Å². The zero-order chi connectivity index (χ0) is 16.1. The number of piperazine rings is 1. The summed E-state index contributed by atoms with van der Waals surface area (Å²) in [4.78, 5) is 13.5. The van der Waals surface area contributed by atoms with Gasteiger partial charge in [0.2, 0.25) is 0 Å². The molecule has 1 fully saturated rings. The number of nitrogens with two attached hydrogens (primary N) is 1. The second-order valence-electron chi connectivity index (χ2n) is 6.18. The molecule has 0 spiro atoms. The summed E-state index contributed by atoms with van der Waals surface area (Å²) in [5.74, 6) is 1.35. The van der Waals surface area contributed by atoms with Gasteiger partial charge in [-0.25, -0.2) is 9.97 Å². The smallest absolute Gasteiger partial charge is 0.131 e. The maximum Gasteiger partial charge on any atom is 0.131 e. The van der Waals surface area contributed by atoms with Gasteiger partial charge >= 0.3 is 0 Å². The highest BCUT2D eigenvalue weighted by Crippen LogP contribution is 2.13. The van der Waals surface area contributed by atoms with Crippen LogP contribution in [0.5, 0.6) is 0 Å². The van der Waals surface area contributed by atoms with Gasteiger partial charge in [-0.2, -0.15) is 0 Å². The van der Waals surface area contributed by atoms with Gasteiger partial charge in [0.1, 0.15) is 11.6 Å². The summed E-state index contributed by atoms with van der Waals surface area (Å²) in [6.07, 6.45) is 2.99. The fourth-order valence-electron chi connectivity index (χ4n) is 2.98. The van der Waals surface area contributed by atoms with Crippen LogP contribution in [0.4, 0.5) is 5.82 Å². The minimum Gasteiger partial charge on any atom is -0.383 e. The highest BCUT2D eigenvalue weighted by Gasteiger charge is 2.17. The van der Waals surface area contributed by atoms with Crippen molar-refractivity contribution >= 4 is 5.82 Å². The van der Waals surface area contributed by atoms with Gasteiger partial charge in [0, 0.05) is 51.0 Å². The average molecular weight is 311 g/mol. The van der Waals surface area contributed by atoms with Gasteiger partial charge in [0.15, 0.2) is 0 Å². The molecule has 23 heavy (non-hydrogen) atoms. The lowest BCUT2D eigenvalue weighted by molar-refractivity contribution is 0.128. The molecule has 1 aliphatic rings. The first kappa shape index (κ1) is 15.9. The molecule has 0 atom stereocenters. The Labute approximate surface area is 138 Å². The Hall–Kier alpha value is -1.98. The minimum atomic E-state index is 0.615. The molecule has 2 aromatic rings. The van der Waals surface area contributed by atoms with E-state index in [4.69, 9.17) is 5.73 Å². The second kappa shape index (κ2) is 7.53. The van der Waals surface area contributed by atoms with E-state index in [1.54, 1.807) is 0 Å². The first-order valence-electron chi connectivity index (χ1n) is 8.27. The molecule has 2 heterocycles. The van der Waals surface area contributed by atoms with E-state index in [1.165, 1.54) is 5.56 Å². The second-order valence-corrected chi connectivity index (χ2v) is 6.18. The van der Waals surface area contributed by atoms with Crippen molar-refractivity contribution in [2.45, 2.75) is 19.9 Å². The zero-order valence-corrected chi connectivity index (χ0v) is 13.8. The highest BCUT2D eigenvalue weighted by molar-refractivity contribution is 5.37. The topological polar surface area (TPSA) is 58.3 Å². The molecule has 0 radical (unpaired) electrons. The molecular formula is C18H25N5. The van der Waals surface area contributed by atoms with Crippen molar-refractivity contribution < 1.29 is 0 Å². The molecule has 1 aromatic heterocycles. The Morgan fingerprint density at radius 2 is 1.74 bits per heavy atom. The van der Waals surface area contributed by atoms with Crippen LogP contribution in [0.2, 0.25) is 0 Å². The lowest BCUT2D eigenvalue weighted by atomic mass is 10.1. The van der Waals surface area contributed by atoms with Crippen molar-refractivity contribution in [1.82, 2.24) is 19.8 Å². The van der Waals surface area contributed by atoms with E-state index in [2.05, 4.69) is 50.1 Å². The molecule has 0 saturated carbocycles. The SMILES string of the molecule is Cc1ncc(CN2CCN(CCc3ccccc3)CC2)c(N)n1. The van der Waals surface area contributed by atoms with E-state index < -0.39 is 0 Å². The summed E-state index contributed by atoms with van der Waals surface area (Å²) in [5.41, 5.74) is 8.44. The number of hydrogen-bond donors (Lipinski definition) is 1. The van der Waals surface area contributed by atoms with Gasteiger partial charge in [-0.1, -0.05) is 30.3 Å². The van der Waals surface area contributed by atoms with Crippen LogP contribution in [0.25, 0.3) is 0 Å². The first-order valence-corrected chi connectivity index (χ1v) is 8.27. The Morgan fingerprint density at radius 1 is 1.04 bits per heavy atom. The van der Waals surface area contributed by atoms with Crippen LogP contribution in [0.1, 0.15) is 17.0 Å². The molecule has 0 unspecified atom stereocenters. The Balaban J connectivity index is 1.45. The lowest BCUT2D eigenvalue weighted by Gasteiger charge is -2.34. The third-order valence-electron chi connectivity index (χ3n) is 4.44. The maximum atomic E-state index is 5.99. The maximum absolute atomic E-state index is 5.99. The molecule has 122 valence electrons. The van der Waals surface area contributed by atoms with E-state index in [-0.39, 0.29) is 0 Å². The normalized spacial score (nSPS) is 16.6. The summed E-state index contributed by atoms with van der Waals surface area (Å²) >= 11 is 0. The van der Waals surface area contributed by atoms with Gasteiger partial charge in [-0.3, -0.25) is 4.90 Å². The molecule has 1 saturated heterocycles. The van der Waals surface area contributed by atoms with E-state index in [0.717, 1.165) is 57.1 Å². The predicted molar refractivity (Wildman–Crippen MR) is 93.0 cm³/mol. The number of rotatable bonds is 5. The molecule has 5 heteroatoms. The fraction of sp³-hybridized carbons (Fsp3) is 0.444. The number of nitrogen functional groups attached to an aromatic ring is 1. The molecule has 0 bridgehead atoms. The van der Waals surface area contributed by atoms with Crippen molar-refractivity contribution in [1.29, 1.82) is 0 Å². The number of nitrogens with zero attached hydrogens (tertiary/aromatic N) is 4. The predicted octanol–water partition coefficient (Wildman–Crippen LogP) is 1.73. The quantitative estimate of drug-likeness (QED) is 0.911. The van der Waals surface area contributed by atoms with Crippen molar-refractivity contribution in [2.24, 2.45) is 0 Å². The Bertz CT molecular complexity index is 621. The molecule has 0 aliphatic carbocycles. The Morgan fingerprint density at radius 3 is 2.43 bits per heavy atom. The molecule has 1 aliphatic heterocycles. The van der Waals surface area contributed by atoms with Crippen LogP contribution in [-0.4, -0.2) is 52.5 Å². The number of benzene rings is 1. The molecule has 3 rings (SSSR count). The number of aryl methyl sites for hydroxylation is 1. The standard InChI is InChI=1S/C18H25N5/c1-15-20-13-17(18(19)21-15)14-23-11-9-22(10-12-23)8-7-16-5-3-2-4-6-16/h2-6,13H,7-12,14H2,1H3,(H2,19,20,21). The largest absolute Gasteiger partial charge is 0.383 e. The third kappa shape index (κ3) is 4.50. The third-order valence-corrected chi connectivity index (χ3v) is 4.44. The van der Waals surface area contributed by atoms with Gasteiger partial charge in [0.25, 0.3) is 0 Å². The Kier molecular flexibility index (Phi) is 5.20. The summed E-state index contributed by atoms with van der Waals surface area (Å²) in [6.45, 7) is 8.21. The first-order chi connectivity index (χ1) is 11.2. The monoisotopic (exact) mass is 311 g/mol. The van der Waals surface area contributed by atoms with E-state index >= 15 is 0 Å². The van der Waals surface area contributed by atoms with Crippen LogP contribution in [-0.2, 0) is 13.0 Å². The molecule has 2 N–H and O–H groups in total. The van der Waals surface area contributed by atoms with Crippen LogP contribution in [0.15, 0.2) is 36.5 Å². The number of anilines is 1. The van der Waals surface area contributed by atoms with Crippen molar-refractivity contribution in [3.63, 3.8) is 0 Å². The van der Waals surface area contributed by atoms with Crippen molar-refractivity contribution in [3.05, 3.63) is 53.5 Å². The highest BCUT2D eigenvalue weighted by atomic mass is 15.3.